The number of ether oxygens (including phenoxy) is 2. The molecule has 3 unspecified atom stereocenters. The van der Waals surface area contributed by atoms with Gasteiger partial charge in [-0.3, -0.25) is 0 Å². The first kappa shape index (κ1) is 9.22. The zero-order valence-corrected chi connectivity index (χ0v) is 8.51. The molecule has 0 saturated carbocycles. The smallest absolute Gasteiger partial charge is 0.0938 e. The van der Waals surface area contributed by atoms with Gasteiger partial charge in [-0.2, -0.15) is 0 Å². The minimum Gasteiger partial charge on any atom is -0.373 e. The zero-order valence-electron chi connectivity index (χ0n) is 8.51. The quantitative estimate of drug-likeness (QED) is 0.482. The van der Waals surface area contributed by atoms with Crippen LogP contribution in [0.4, 0.5) is 0 Å². The first-order valence-corrected chi connectivity index (χ1v) is 5.03. The third-order valence-corrected chi connectivity index (χ3v) is 3.29. The molecule has 0 radical (unpaired) electrons. The molecule has 2 saturated heterocycles. The zero-order chi connectivity index (χ0) is 9.47. The number of epoxide rings is 1. The molecule has 2 aliphatic rings. The van der Waals surface area contributed by atoms with Gasteiger partial charge in [0.25, 0.3) is 0 Å². The highest BCUT2D eigenvalue weighted by molar-refractivity contribution is 5.02. The standard InChI is InChI=1S/C11H18O2/c1-8(2)10-5-4-9(6-12-10)11(3)7-13-11/h9-10H,1,4-7H2,2-3H3. The molecule has 0 amide bonds. The van der Waals surface area contributed by atoms with E-state index in [0.29, 0.717) is 12.0 Å². The lowest BCUT2D eigenvalue weighted by atomic mass is 9.87. The molecule has 0 bridgehead atoms. The number of hydrogen-bond donors (Lipinski definition) is 0. The summed E-state index contributed by atoms with van der Waals surface area (Å²) in [6, 6.07) is 0. The van der Waals surface area contributed by atoms with E-state index in [1.165, 1.54) is 6.42 Å². The minimum atomic E-state index is 0.139. The van der Waals surface area contributed by atoms with Gasteiger partial charge in [0.1, 0.15) is 0 Å². The largest absolute Gasteiger partial charge is 0.373 e. The second kappa shape index (κ2) is 3.10. The normalized spacial score (nSPS) is 44.5. The summed E-state index contributed by atoms with van der Waals surface area (Å²) in [5.41, 5.74) is 1.29. The molecule has 2 heteroatoms. The third-order valence-electron chi connectivity index (χ3n) is 3.29. The monoisotopic (exact) mass is 182 g/mol. The van der Waals surface area contributed by atoms with E-state index in [1.54, 1.807) is 0 Å². The lowest BCUT2D eigenvalue weighted by molar-refractivity contribution is -0.0179. The molecule has 13 heavy (non-hydrogen) atoms. The molecule has 2 fully saturated rings. The van der Waals surface area contributed by atoms with Gasteiger partial charge in [-0.05, 0) is 26.7 Å². The summed E-state index contributed by atoms with van der Waals surface area (Å²) in [7, 11) is 0. The van der Waals surface area contributed by atoms with Crippen molar-refractivity contribution in [3.63, 3.8) is 0 Å². The van der Waals surface area contributed by atoms with Gasteiger partial charge in [0.05, 0.1) is 24.9 Å². The van der Waals surface area contributed by atoms with Crippen molar-refractivity contribution >= 4 is 0 Å². The predicted octanol–water partition coefficient (Wildman–Crippen LogP) is 2.15. The predicted molar refractivity (Wildman–Crippen MR) is 51.6 cm³/mol. The van der Waals surface area contributed by atoms with Crippen LogP contribution in [-0.4, -0.2) is 24.9 Å². The van der Waals surface area contributed by atoms with E-state index in [0.717, 1.165) is 25.2 Å². The van der Waals surface area contributed by atoms with Gasteiger partial charge >= 0.3 is 0 Å². The molecule has 2 aliphatic heterocycles. The Kier molecular flexibility index (Phi) is 2.20. The van der Waals surface area contributed by atoms with E-state index < -0.39 is 0 Å². The lowest BCUT2D eigenvalue weighted by Crippen LogP contribution is -2.34. The summed E-state index contributed by atoms with van der Waals surface area (Å²) < 4.78 is 11.2. The van der Waals surface area contributed by atoms with Crippen LogP contribution in [0.3, 0.4) is 0 Å². The highest BCUT2D eigenvalue weighted by Gasteiger charge is 2.48. The molecule has 74 valence electrons. The average Bonchev–Trinajstić information content (AvgIpc) is 2.85. The highest BCUT2D eigenvalue weighted by Crippen LogP contribution is 2.40. The second-order valence-corrected chi connectivity index (χ2v) is 4.54. The van der Waals surface area contributed by atoms with Gasteiger partial charge in [0.15, 0.2) is 0 Å². The molecular weight excluding hydrogens is 164 g/mol. The van der Waals surface area contributed by atoms with E-state index >= 15 is 0 Å². The molecule has 2 rings (SSSR count). The van der Waals surface area contributed by atoms with Crippen LogP contribution in [0.1, 0.15) is 26.7 Å². The Morgan fingerprint density at radius 3 is 2.54 bits per heavy atom. The fraction of sp³-hybridized carbons (Fsp3) is 0.818. The molecule has 3 atom stereocenters. The Bertz CT molecular complexity index is 210. The molecule has 2 heterocycles. The van der Waals surface area contributed by atoms with Crippen molar-refractivity contribution in [2.75, 3.05) is 13.2 Å². The molecule has 0 aromatic rings. The van der Waals surface area contributed by atoms with Gasteiger partial charge in [-0.15, -0.1) is 0 Å². The number of hydrogen-bond acceptors (Lipinski definition) is 2. The SMILES string of the molecule is C=C(C)C1CCC(C2(C)CO2)CO1. The minimum absolute atomic E-state index is 0.139. The Balaban J connectivity index is 1.86. The van der Waals surface area contributed by atoms with E-state index in [4.69, 9.17) is 9.47 Å². The Morgan fingerprint density at radius 2 is 2.15 bits per heavy atom. The molecule has 0 aromatic heterocycles. The maximum absolute atomic E-state index is 5.74. The van der Waals surface area contributed by atoms with Gasteiger partial charge in [-0.1, -0.05) is 12.2 Å². The van der Waals surface area contributed by atoms with Crippen LogP contribution in [0, 0.1) is 5.92 Å². The maximum atomic E-state index is 5.74. The van der Waals surface area contributed by atoms with Gasteiger partial charge in [0, 0.05) is 5.92 Å². The van der Waals surface area contributed by atoms with Crippen LogP contribution in [0.2, 0.25) is 0 Å². The van der Waals surface area contributed by atoms with E-state index in [9.17, 15) is 0 Å². The summed E-state index contributed by atoms with van der Waals surface area (Å²) >= 11 is 0. The van der Waals surface area contributed by atoms with Gasteiger partial charge in [-0.25, -0.2) is 0 Å². The molecular formula is C11H18O2. The number of rotatable bonds is 2. The van der Waals surface area contributed by atoms with Crippen molar-refractivity contribution in [2.24, 2.45) is 5.92 Å². The second-order valence-electron chi connectivity index (χ2n) is 4.54. The van der Waals surface area contributed by atoms with Gasteiger partial charge in [0.2, 0.25) is 0 Å². The molecule has 0 spiro atoms. The van der Waals surface area contributed by atoms with E-state index in [2.05, 4.69) is 13.5 Å². The average molecular weight is 182 g/mol. The van der Waals surface area contributed by atoms with Crippen molar-refractivity contribution in [1.29, 1.82) is 0 Å². The van der Waals surface area contributed by atoms with Crippen LogP contribution in [-0.2, 0) is 9.47 Å². The molecule has 0 N–H and O–H groups in total. The fourth-order valence-electron chi connectivity index (χ4n) is 1.97. The van der Waals surface area contributed by atoms with Crippen LogP contribution in [0.15, 0.2) is 12.2 Å². The maximum Gasteiger partial charge on any atom is 0.0938 e. The van der Waals surface area contributed by atoms with Crippen LogP contribution >= 0.6 is 0 Å². The topological polar surface area (TPSA) is 21.8 Å². The van der Waals surface area contributed by atoms with Crippen LogP contribution in [0.25, 0.3) is 0 Å². The summed E-state index contributed by atoms with van der Waals surface area (Å²) in [5, 5.41) is 0. The first-order chi connectivity index (χ1) is 6.12. The van der Waals surface area contributed by atoms with E-state index in [-0.39, 0.29) is 5.60 Å². The fourth-order valence-corrected chi connectivity index (χ4v) is 1.97. The molecule has 0 aromatic carbocycles. The van der Waals surface area contributed by atoms with Crippen molar-refractivity contribution in [3.8, 4) is 0 Å². The molecule has 0 aliphatic carbocycles. The van der Waals surface area contributed by atoms with Crippen molar-refractivity contribution in [3.05, 3.63) is 12.2 Å². The van der Waals surface area contributed by atoms with Gasteiger partial charge < -0.3 is 9.47 Å². The highest BCUT2D eigenvalue weighted by atomic mass is 16.6. The van der Waals surface area contributed by atoms with Crippen molar-refractivity contribution in [1.82, 2.24) is 0 Å². The Hall–Kier alpha value is -0.340. The van der Waals surface area contributed by atoms with Crippen LogP contribution < -0.4 is 0 Å². The van der Waals surface area contributed by atoms with Crippen molar-refractivity contribution < 1.29 is 9.47 Å². The summed E-state index contributed by atoms with van der Waals surface area (Å²) in [4.78, 5) is 0. The van der Waals surface area contributed by atoms with Crippen LogP contribution in [0.5, 0.6) is 0 Å². The summed E-state index contributed by atoms with van der Waals surface area (Å²) in [6.07, 6.45) is 2.62. The summed E-state index contributed by atoms with van der Waals surface area (Å²) in [6.45, 7) is 9.91. The Morgan fingerprint density at radius 1 is 1.46 bits per heavy atom. The molecule has 2 nitrogen and oxygen atoms in total. The third kappa shape index (κ3) is 1.79. The lowest BCUT2D eigenvalue weighted by Gasteiger charge is -2.31. The van der Waals surface area contributed by atoms with Crippen molar-refractivity contribution in [2.45, 2.75) is 38.4 Å². The van der Waals surface area contributed by atoms with E-state index in [1.807, 2.05) is 6.92 Å². The Labute approximate surface area is 79.9 Å². The summed E-state index contributed by atoms with van der Waals surface area (Å²) in [5.74, 6) is 0.600. The first-order valence-electron chi connectivity index (χ1n) is 5.03.